The molecule has 2 aromatic heterocycles. The number of carbonyl (C=O) groups excluding carboxylic acids is 1. The number of ether oxygens (including phenoxy) is 1. The number of carbonyl (C=O) groups is 1. The van der Waals surface area contributed by atoms with E-state index in [2.05, 4.69) is 11.1 Å². The van der Waals surface area contributed by atoms with Crippen LogP contribution in [0.4, 0.5) is 5.69 Å². The van der Waals surface area contributed by atoms with Crippen LogP contribution in [0, 0.1) is 0 Å². The number of rotatable bonds is 4. The number of fused-ring (bicyclic) bond motifs is 2. The topological polar surface area (TPSA) is 67.7 Å². The molecule has 1 aromatic carbocycles. The highest BCUT2D eigenvalue weighted by Gasteiger charge is 2.34. The number of benzene rings is 1. The van der Waals surface area contributed by atoms with Crippen LogP contribution in [0.2, 0.25) is 0 Å². The summed E-state index contributed by atoms with van der Waals surface area (Å²) < 4.78 is 8.17. The Morgan fingerprint density at radius 3 is 2.76 bits per heavy atom. The molecule has 3 aromatic rings. The van der Waals surface area contributed by atoms with Crippen LogP contribution in [0.5, 0.6) is 0 Å². The number of pyridine rings is 1. The zero-order chi connectivity index (χ0) is 20.0. The van der Waals surface area contributed by atoms with Crippen molar-refractivity contribution in [1.29, 1.82) is 0 Å². The SMILES string of the molecule is Cn1cc2c(c(N3CCOCC3)c1=O)C(=O)N(CCc1nc3ccccc3s1)C2. The molecule has 4 heterocycles. The van der Waals surface area contributed by atoms with Crippen molar-refractivity contribution in [3.8, 4) is 0 Å². The zero-order valence-corrected chi connectivity index (χ0v) is 17.1. The second kappa shape index (κ2) is 7.27. The highest BCUT2D eigenvalue weighted by atomic mass is 32.1. The van der Waals surface area contributed by atoms with Crippen LogP contribution in [-0.2, 0) is 24.8 Å². The van der Waals surface area contributed by atoms with Crippen LogP contribution in [0.3, 0.4) is 0 Å². The number of morpholine rings is 1. The number of anilines is 1. The summed E-state index contributed by atoms with van der Waals surface area (Å²) >= 11 is 1.67. The Kier molecular flexibility index (Phi) is 4.60. The number of hydrogen-bond donors (Lipinski definition) is 0. The quantitative estimate of drug-likeness (QED) is 0.658. The summed E-state index contributed by atoms with van der Waals surface area (Å²) in [5.74, 6) is -0.0553. The summed E-state index contributed by atoms with van der Waals surface area (Å²) in [5.41, 5.74) is 2.90. The molecule has 0 radical (unpaired) electrons. The lowest BCUT2D eigenvalue weighted by molar-refractivity contribution is 0.0779. The fraction of sp³-hybridized carbons (Fsp3) is 0.381. The minimum atomic E-state index is -0.118. The van der Waals surface area contributed by atoms with E-state index in [0.29, 0.717) is 57.1 Å². The second-order valence-electron chi connectivity index (χ2n) is 7.45. The van der Waals surface area contributed by atoms with Gasteiger partial charge < -0.3 is 19.1 Å². The van der Waals surface area contributed by atoms with E-state index in [1.165, 1.54) is 0 Å². The zero-order valence-electron chi connectivity index (χ0n) is 16.3. The molecule has 0 saturated carbocycles. The molecule has 0 bridgehead atoms. The van der Waals surface area contributed by atoms with Gasteiger partial charge in [0, 0.05) is 51.4 Å². The van der Waals surface area contributed by atoms with E-state index in [1.54, 1.807) is 29.1 Å². The van der Waals surface area contributed by atoms with Gasteiger partial charge in [-0.3, -0.25) is 9.59 Å². The third-order valence-corrected chi connectivity index (χ3v) is 6.65. The van der Waals surface area contributed by atoms with E-state index >= 15 is 0 Å². The molecule has 1 saturated heterocycles. The lowest BCUT2D eigenvalue weighted by Crippen LogP contribution is -2.41. The van der Waals surface area contributed by atoms with E-state index < -0.39 is 0 Å². The molecule has 0 atom stereocenters. The Balaban J connectivity index is 1.40. The molecule has 0 N–H and O–H groups in total. The molecular formula is C21H22N4O3S. The van der Waals surface area contributed by atoms with Crippen molar-refractivity contribution in [1.82, 2.24) is 14.5 Å². The first kappa shape index (κ1) is 18.3. The number of amides is 1. The molecule has 150 valence electrons. The van der Waals surface area contributed by atoms with Crippen LogP contribution in [0.15, 0.2) is 35.3 Å². The fourth-order valence-corrected chi connectivity index (χ4v) is 5.05. The maximum atomic E-state index is 13.2. The molecule has 7 nitrogen and oxygen atoms in total. The third kappa shape index (κ3) is 3.22. The summed E-state index contributed by atoms with van der Waals surface area (Å²) in [5, 5.41) is 1.03. The van der Waals surface area contributed by atoms with Crippen LogP contribution in [0.25, 0.3) is 10.2 Å². The Morgan fingerprint density at radius 1 is 1.17 bits per heavy atom. The average molecular weight is 410 g/mol. The molecule has 5 rings (SSSR count). The van der Waals surface area contributed by atoms with E-state index in [0.717, 1.165) is 20.8 Å². The first-order valence-corrected chi connectivity index (χ1v) is 10.6. The molecule has 8 heteroatoms. The summed E-state index contributed by atoms with van der Waals surface area (Å²) in [6.45, 7) is 3.53. The van der Waals surface area contributed by atoms with Crippen molar-refractivity contribution in [2.45, 2.75) is 13.0 Å². The highest BCUT2D eigenvalue weighted by Crippen LogP contribution is 2.30. The summed E-state index contributed by atoms with van der Waals surface area (Å²) in [6, 6.07) is 8.08. The van der Waals surface area contributed by atoms with Crippen molar-refractivity contribution in [2.75, 3.05) is 37.7 Å². The number of aromatic nitrogens is 2. The molecule has 1 fully saturated rings. The van der Waals surface area contributed by atoms with Gasteiger partial charge in [0.1, 0.15) is 5.69 Å². The summed E-state index contributed by atoms with van der Waals surface area (Å²) in [4.78, 5) is 34.6. The molecule has 1 amide bonds. The molecule has 0 aliphatic carbocycles. The lowest BCUT2D eigenvalue weighted by atomic mass is 10.1. The van der Waals surface area contributed by atoms with Gasteiger partial charge in [0.2, 0.25) is 0 Å². The maximum absolute atomic E-state index is 13.2. The van der Waals surface area contributed by atoms with E-state index in [-0.39, 0.29) is 11.5 Å². The number of thiazole rings is 1. The first-order valence-electron chi connectivity index (χ1n) is 9.81. The van der Waals surface area contributed by atoms with Gasteiger partial charge in [-0.05, 0) is 12.1 Å². The van der Waals surface area contributed by atoms with Crippen molar-refractivity contribution >= 4 is 33.1 Å². The van der Waals surface area contributed by atoms with Crippen LogP contribution >= 0.6 is 11.3 Å². The summed E-state index contributed by atoms with van der Waals surface area (Å²) in [7, 11) is 1.75. The smallest absolute Gasteiger partial charge is 0.274 e. The highest BCUT2D eigenvalue weighted by molar-refractivity contribution is 7.18. The van der Waals surface area contributed by atoms with Crippen LogP contribution in [-0.4, -0.2) is 53.2 Å². The third-order valence-electron chi connectivity index (χ3n) is 5.55. The average Bonchev–Trinajstić information content (AvgIpc) is 3.29. The largest absolute Gasteiger partial charge is 0.378 e. The molecule has 29 heavy (non-hydrogen) atoms. The van der Waals surface area contributed by atoms with Gasteiger partial charge >= 0.3 is 0 Å². The van der Waals surface area contributed by atoms with Crippen molar-refractivity contribution in [2.24, 2.45) is 7.05 Å². The van der Waals surface area contributed by atoms with Gasteiger partial charge in [0.05, 0.1) is 34.0 Å². The molecule has 2 aliphatic rings. The number of aryl methyl sites for hydroxylation is 1. The Labute approximate surface area is 172 Å². The monoisotopic (exact) mass is 410 g/mol. The van der Waals surface area contributed by atoms with Crippen LogP contribution in [0.1, 0.15) is 20.9 Å². The predicted octanol–water partition coefficient (Wildman–Crippen LogP) is 2.03. The Morgan fingerprint density at radius 2 is 1.97 bits per heavy atom. The molecule has 0 spiro atoms. The number of nitrogens with zero attached hydrogens (tertiary/aromatic N) is 4. The summed E-state index contributed by atoms with van der Waals surface area (Å²) in [6.07, 6.45) is 2.51. The van der Waals surface area contributed by atoms with Gasteiger partial charge in [0.15, 0.2) is 0 Å². The normalized spacial score (nSPS) is 16.7. The van der Waals surface area contributed by atoms with Gasteiger partial charge in [0.25, 0.3) is 11.5 Å². The number of para-hydroxylation sites is 1. The fourth-order valence-electron chi connectivity index (χ4n) is 4.10. The molecule has 2 aliphatic heterocycles. The van der Waals surface area contributed by atoms with E-state index in [4.69, 9.17) is 4.74 Å². The lowest BCUT2D eigenvalue weighted by Gasteiger charge is -2.29. The minimum absolute atomic E-state index is 0.0553. The Hall–Kier alpha value is -2.71. The van der Waals surface area contributed by atoms with Crippen LogP contribution < -0.4 is 10.5 Å². The van der Waals surface area contributed by atoms with Crippen molar-refractivity contribution < 1.29 is 9.53 Å². The first-order chi connectivity index (χ1) is 14.1. The Bertz CT molecular complexity index is 1110. The van der Waals surface area contributed by atoms with Crippen molar-refractivity contribution in [3.63, 3.8) is 0 Å². The standard InChI is InChI=1S/C21H22N4O3S/c1-23-12-14-13-25(7-6-17-22-15-4-2-3-5-16(15)29-17)20(26)18(14)19(21(23)27)24-8-10-28-11-9-24/h2-5,12H,6-11,13H2,1H3. The van der Waals surface area contributed by atoms with E-state index in [1.807, 2.05) is 28.0 Å². The van der Waals surface area contributed by atoms with Gasteiger partial charge in [-0.1, -0.05) is 12.1 Å². The predicted molar refractivity (Wildman–Crippen MR) is 113 cm³/mol. The number of hydrogen-bond acceptors (Lipinski definition) is 6. The molecule has 0 unspecified atom stereocenters. The maximum Gasteiger partial charge on any atom is 0.274 e. The van der Waals surface area contributed by atoms with Gasteiger partial charge in [-0.15, -0.1) is 11.3 Å². The van der Waals surface area contributed by atoms with E-state index in [9.17, 15) is 9.59 Å². The second-order valence-corrected chi connectivity index (χ2v) is 8.56. The minimum Gasteiger partial charge on any atom is -0.378 e. The van der Waals surface area contributed by atoms with Crippen molar-refractivity contribution in [3.05, 3.63) is 57.0 Å². The molecular weight excluding hydrogens is 388 g/mol. The van der Waals surface area contributed by atoms with Gasteiger partial charge in [-0.2, -0.15) is 0 Å². The van der Waals surface area contributed by atoms with Gasteiger partial charge in [-0.25, -0.2) is 4.98 Å².